The van der Waals surface area contributed by atoms with Crippen LogP contribution in [0.15, 0.2) is 241 Å². The van der Waals surface area contributed by atoms with Crippen molar-refractivity contribution in [3.8, 4) is 44.9 Å². The molecule has 0 saturated heterocycles. The molecule has 4 nitrogen and oxygen atoms in total. The summed E-state index contributed by atoms with van der Waals surface area (Å²) in [6.45, 7) is 13.8. The minimum absolute atomic E-state index is 0. The van der Waals surface area contributed by atoms with Gasteiger partial charge in [-0.25, -0.2) is 0 Å². The zero-order chi connectivity index (χ0) is 49.2. The van der Waals surface area contributed by atoms with Crippen LogP contribution in [0, 0.1) is 0 Å². The van der Waals surface area contributed by atoms with Gasteiger partial charge < -0.3 is 4.42 Å². The Kier molecular flexibility index (Phi) is 16.5. The first kappa shape index (κ1) is 51.0. The third-order valence-electron chi connectivity index (χ3n) is 12.8. The molecule has 0 atom stereocenters. The molecule has 0 saturated carbocycles. The number of furan rings is 1. The van der Waals surface area contributed by atoms with Gasteiger partial charge >= 0.3 is 0 Å². The van der Waals surface area contributed by atoms with Crippen LogP contribution in [0.4, 0.5) is 0 Å². The number of benzene rings is 7. The summed E-state index contributed by atoms with van der Waals surface area (Å²) >= 11 is 0. The van der Waals surface area contributed by atoms with Gasteiger partial charge in [-0.3, -0.25) is 15.0 Å². The zero-order valence-electron chi connectivity index (χ0n) is 42.0. The monoisotopic (exact) mass is 1130 g/mol. The molecule has 1 radical (unpaired) electrons. The largest absolute Gasteiger partial charge is 0.455 e. The van der Waals surface area contributed by atoms with Crippen molar-refractivity contribution in [2.45, 2.75) is 58.7 Å². The number of fused-ring (bicyclic) bond motifs is 3. The van der Waals surface area contributed by atoms with Crippen molar-refractivity contribution >= 4 is 35.2 Å². The fraction of sp³-hybridized carbons (Fsp3) is 0.136. The van der Waals surface area contributed by atoms with Gasteiger partial charge in [0.2, 0.25) is 0 Å². The predicted molar refractivity (Wildman–Crippen MR) is 302 cm³/mol. The smallest absolute Gasteiger partial charge is 0.144 e. The Morgan fingerprint density at radius 1 is 0.444 bits per heavy atom. The molecular weight excluding hydrogens is 1070 g/mol. The van der Waals surface area contributed by atoms with Crippen molar-refractivity contribution in [2.75, 3.05) is 0 Å². The second kappa shape index (κ2) is 23.3. The molecule has 0 aliphatic rings. The molecule has 0 N–H and O–H groups in total. The maximum atomic E-state index is 6.39. The summed E-state index contributed by atoms with van der Waals surface area (Å²) in [6, 6.07) is 75.9. The van der Waals surface area contributed by atoms with Crippen molar-refractivity contribution in [2.24, 2.45) is 0 Å². The fourth-order valence-electron chi connectivity index (χ4n) is 9.04. The zero-order valence-corrected chi connectivity index (χ0v) is 45.4. The molecule has 7 aromatic carbocycles. The molecule has 4 heterocycles. The molecule has 72 heavy (non-hydrogen) atoms. The first-order valence-electron chi connectivity index (χ1n) is 24.6. The Hall–Kier alpha value is -7.34. The molecule has 11 aromatic rings. The molecule has 11 rings (SSSR count). The second-order valence-electron chi connectivity index (χ2n) is 20.1. The van der Waals surface area contributed by atoms with E-state index in [4.69, 9.17) is 9.40 Å². The summed E-state index contributed by atoms with van der Waals surface area (Å²) in [7, 11) is -1.42. The van der Waals surface area contributed by atoms with Crippen molar-refractivity contribution in [3.63, 3.8) is 0 Å². The number of rotatable bonds is 9. The number of para-hydroxylation sites is 1. The van der Waals surface area contributed by atoms with E-state index < -0.39 is 8.07 Å². The van der Waals surface area contributed by atoms with Crippen LogP contribution in [0.3, 0.4) is 0 Å². The van der Waals surface area contributed by atoms with E-state index in [1.807, 2.05) is 54.9 Å². The minimum Gasteiger partial charge on any atom is -0.455 e. The maximum absolute atomic E-state index is 6.39. The molecule has 0 aliphatic heterocycles. The van der Waals surface area contributed by atoms with Gasteiger partial charge in [-0.05, 0) is 105 Å². The van der Waals surface area contributed by atoms with E-state index in [2.05, 4.69) is 233 Å². The van der Waals surface area contributed by atoms with Crippen LogP contribution in [0.25, 0.3) is 66.8 Å². The normalized spacial score (nSPS) is 11.2. The van der Waals surface area contributed by atoms with Gasteiger partial charge in [0.15, 0.2) is 0 Å². The first-order chi connectivity index (χ1) is 34.5. The number of hydrogen-bond acceptors (Lipinski definition) is 4. The molecule has 6 heteroatoms. The van der Waals surface area contributed by atoms with Crippen LogP contribution in [0.5, 0.6) is 0 Å². The Morgan fingerprint density at radius 3 is 1.56 bits per heavy atom. The third kappa shape index (κ3) is 12.6. The first-order valence-corrected chi connectivity index (χ1v) is 28.1. The molecule has 0 unspecified atom stereocenters. The molecular formula is C66H61IrN3OSi. The van der Waals surface area contributed by atoms with Gasteiger partial charge in [0.1, 0.15) is 11.2 Å². The quantitative estimate of drug-likeness (QED) is 0.135. The second-order valence-corrected chi connectivity index (χ2v) is 25.1. The van der Waals surface area contributed by atoms with Gasteiger partial charge in [0.05, 0.1) is 25.2 Å². The van der Waals surface area contributed by atoms with E-state index in [1.165, 1.54) is 49.7 Å². The standard InChI is InChI=1S/C27H23NO.C21H23NSi.C18H15N.Ir/c1-27(2,3)19-15-16-28-23(17-19)21-12-7-13-22-25-20(18-9-5-4-6-10-18)11-8-14-24(25)29-26(21)22;1-23(2,3)21-16-22-20(18-12-8-5-9-13-18)15-19(21)14-17-10-6-4-7-11-17;1-3-7-15(8-4-1)13-16-11-12-19-18(14-16)17-9-5-2-6-10-17;/h4-17H,1-3H3;4-13,15-16H,14H2,1-3H3;1-12,14H,13H2;. The van der Waals surface area contributed by atoms with E-state index in [9.17, 15) is 0 Å². The average molecular weight is 1130 g/mol. The van der Waals surface area contributed by atoms with Crippen molar-refractivity contribution < 1.29 is 24.5 Å². The summed E-state index contributed by atoms with van der Waals surface area (Å²) in [5.74, 6) is 0. The van der Waals surface area contributed by atoms with Gasteiger partial charge in [-0.1, -0.05) is 216 Å². The number of hydrogen-bond donors (Lipinski definition) is 0. The Bertz CT molecular complexity index is 3480. The average Bonchev–Trinajstić information content (AvgIpc) is 3.79. The minimum atomic E-state index is -1.42. The number of nitrogens with zero attached hydrogens (tertiary/aromatic N) is 3. The van der Waals surface area contributed by atoms with Crippen LogP contribution in [-0.2, 0) is 38.4 Å². The van der Waals surface area contributed by atoms with E-state index in [0.717, 1.165) is 63.0 Å². The van der Waals surface area contributed by atoms with Crippen LogP contribution in [0.2, 0.25) is 19.6 Å². The van der Waals surface area contributed by atoms with Gasteiger partial charge in [-0.2, -0.15) is 0 Å². The van der Waals surface area contributed by atoms with E-state index in [-0.39, 0.29) is 25.5 Å². The summed E-state index contributed by atoms with van der Waals surface area (Å²) in [5, 5.41) is 3.74. The molecule has 359 valence electrons. The van der Waals surface area contributed by atoms with Crippen molar-refractivity contribution in [3.05, 3.63) is 265 Å². The predicted octanol–water partition coefficient (Wildman–Crippen LogP) is 16.8. The van der Waals surface area contributed by atoms with Crippen molar-refractivity contribution in [1.82, 2.24) is 15.0 Å². The summed E-state index contributed by atoms with van der Waals surface area (Å²) in [4.78, 5) is 13.9. The van der Waals surface area contributed by atoms with Crippen LogP contribution < -0.4 is 5.19 Å². The molecule has 0 fully saturated rings. The number of aromatic nitrogens is 3. The van der Waals surface area contributed by atoms with Gasteiger partial charge in [-0.15, -0.1) is 0 Å². The molecule has 4 aromatic heterocycles. The molecule has 0 aliphatic carbocycles. The number of pyridine rings is 3. The van der Waals surface area contributed by atoms with E-state index in [1.54, 1.807) is 0 Å². The van der Waals surface area contributed by atoms with Crippen LogP contribution >= 0.6 is 0 Å². The van der Waals surface area contributed by atoms with Crippen LogP contribution in [0.1, 0.15) is 48.6 Å². The maximum Gasteiger partial charge on any atom is 0.144 e. The Morgan fingerprint density at radius 2 is 0.958 bits per heavy atom. The molecule has 0 bridgehead atoms. The fourth-order valence-corrected chi connectivity index (χ4v) is 10.6. The summed E-state index contributed by atoms with van der Waals surface area (Å²) < 4.78 is 6.39. The summed E-state index contributed by atoms with van der Waals surface area (Å²) in [6.07, 6.45) is 7.83. The Labute approximate surface area is 440 Å². The SMILES string of the molecule is CC(C)(C)c1ccnc(-c2cccc3c2oc2cccc(-c4ccccc4)c23)c1.C[Si](C)(C)c1cnc(-c2ccccc2)cc1Cc1ccccc1.[Ir].c1ccc(Cc2ccnc(-c3ccccc3)c2)cc1. The molecule has 0 spiro atoms. The Balaban J connectivity index is 0.000000147. The van der Waals surface area contributed by atoms with Gasteiger partial charge in [0, 0.05) is 66.2 Å². The third-order valence-corrected chi connectivity index (χ3v) is 14.8. The molecule has 0 amide bonds. The van der Waals surface area contributed by atoms with Crippen LogP contribution in [-0.4, -0.2) is 23.0 Å². The topological polar surface area (TPSA) is 51.8 Å². The van der Waals surface area contributed by atoms with E-state index in [0.29, 0.717) is 0 Å². The van der Waals surface area contributed by atoms with Crippen molar-refractivity contribution in [1.29, 1.82) is 0 Å². The summed E-state index contributed by atoms with van der Waals surface area (Å²) in [5.41, 5.74) is 17.3. The van der Waals surface area contributed by atoms with E-state index >= 15 is 0 Å². The van der Waals surface area contributed by atoms with Gasteiger partial charge in [0.25, 0.3) is 0 Å².